The fraction of sp³-hybridized carbons (Fsp3) is 0.458. The van der Waals surface area contributed by atoms with Gasteiger partial charge in [-0.05, 0) is 24.8 Å². The first-order valence-electron chi connectivity index (χ1n) is 10.2. The molecule has 0 spiro atoms. The Balaban J connectivity index is 2.35. The minimum Gasteiger partial charge on any atom is -0.496 e. The molecule has 0 fully saturated rings. The van der Waals surface area contributed by atoms with Crippen LogP contribution in [0.3, 0.4) is 0 Å². The lowest BCUT2D eigenvalue weighted by atomic mass is 9.68. The van der Waals surface area contributed by atoms with E-state index in [1.807, 2.05) is 13.8 Å². The first-order valence-corrected chi connectivity index (χ1v) is 10.2. The van der Waals surface area contributed by atoms with E-state index < -0.39 is 17.9 Å². The second kappa shape index (κ2) is 8.68. The molecule has 0 unspecified atom stereocenters. The van der Waals surface area contributed by atoms with Gasteiger partial charge in [0.05, 0.1) is 39.9 Å². The van der Waals surface area contributed by atoms with E-state index in [4.69, 9.17) is 18.9 Å². The number of allylic oxidation sites excluding steroid dienone is 3. The van der Waals surface area contributed by atoms with Crippen LogP contribution in [-0.4, -0.2) is 46.2 Å². The van der Waals surface area contributed by atoms with Gasteiger partial charge in [0.2, 0.25) is 0 Å². The summed E-state index contributed by atoms with van der Waals surface area (Å²) in [6.07, 6.45) is 0.971. The molecule has 1 aromatic carbocycles. The maximum Gasteiger partial charge on any atom is 0.341 e. The number of rotatable bonds is 5. The third kappa shape index (κ3) is 3.97. The molecule has 1 aromatic rings. The normalized spacial score (nSPS) is 19.7. The van der Waals surface area contributed by atoms with E-state index in [0.29, 0.717) is 41.0 Å². The number of esters is 2. The van der Waals surface area contributed by atoms with Crippen molar-refractivity contribution in [3.05, 3.63) is 45.8 Å². The molecule has 0 saturated heterocycles. The zero-order valence-electron chi connectivity index (χ0n) is 19.5. The lowest BCUT2D eigenvalue weighted by Crippen LogP contribution is -2.38. The Hall–Kier alpha value is -3.29. The van der Waals surface area contributed by atoms with Crippen LogP contribution < -0.4 is 14.8 Å². The molecule has 1 aliphatic carbocycles. The van der Waals surface area contributed by atoms with Crippen molar-refractivity contribution in [2.24, 2.45) is 5.41 Å². The second-order valence-corrected chi connectivity index (χ2v) is 8.71. The van der Waals surface area contributed by atoms with Gasteiger partial charge in [0.25, 0.3) is 0 Å². The van der Waals surface area contributed by atoms with Crippen molar-refractivity contribution in [1.29, 1.82) is 0 Å². The molecule has 1 aliphatic heterocycles. The van der Waals surface area contributed by atoms with Crippen molar-refractivity contribution in [1.82, 2.24) is 5.32 Å². The zero-order valence-corrected chi connectivity index (χ0v) is 19.5. The fourth-order valence-corrected chi connectivity index (χ4v) is 4.55. The third-order valence-electron chi connectivity index (χ3n) is 5.91. The van der Waals surface area contributed by atoms with Crippen molar-refractivity contribution >= 4 is 17.7 Å². The Kier molecular flexibility index (Phi) is 6.34. The average molecular weight is 443 g/mol. The number of hydrogen-bond acceptors (Lipinski definition) is 8. The highest BCUT2D eigenvalue weighted by Gasteiger charge is 2.44. The van der Waals surface area contributed by atoms with Crippen molar-refractivity contribution in [3.8, 4) is 11.5 Å². The highest BCUT2D eigenvalue weighted by Crippen LogP contribution is 2.49. The van der Waals surface area contributed by atoms with Gasteiger partial charge in [-0.1, -0.05) is 13.8 Å². The summed E-state index contributed by atoms with van der Waals surface area (Å²) in [5.41, 5.74) is 2.54. The van der Waals surface area contributed by atoms with Crippen LogP contribution in [0.25, 0.3) is 0 Å². The van der Waals surface area contributed by atoms with E-state index in [-0.39, 0.29) is 22.5 Å². The number of methoxy groups -OCH3 is 4. The van der Waals surface area contributed by atoms with Crippen LogP contribution in [0.15, 0.2) is 34.7 Å². The highest BCUT2D eigenvalue weighted by atomic mass is 16.5. The number of Topliss-reactive ketones (excluding diaryl/α,β-unsaturated/α-hetero) is 1. The van der Waals surface area contributed by atoms with Crippen LogP contribution >= 0.6 is 0 Å². The van der Waals surface area contributed by atoms with Gasteiger partial charge in [-0.25, -0.2) is 9.59 Å². The Morgan fingerprint density at radius 3 is 2.16 bits per heavy atom. The summed E-state index contributed by atoms with van der Waals surface area (Å²) < 4.78 is 20.9. The summed E-state index contributed by atoms with van der Waals surface area (Å²) in [4.78, 5) is 38.7. The number of carbonyl (C=O) groups is 3. The Morgan fingerprint density at radius 2 is 1.59 bits per heavy atom. The molecular weight excluding hydrogens is 414 g/mol. The third-order valence-corrected chi connectivity index (χ3v) is 5.91. The first kappa shape index (κ1) is 23.4. The molecule has 1 N–H and O–H groups in total. The van der Waals surface area contributed by atoms with E-state index in [9.17, 15) is 14.4 Å². The molecule has 3 rings (SSSR count). The standard InChI is InChI=1S/C24H29NO7/c1-12-19(23(28)32-7)20(21-15(25-12)10-24(2,3)11-16(21)26)13-8-14(22(27)31-6)18(30-5)9-17(13)29-4/h8-9,20,25H,10-11H2,1-7H3/t20-/m0/s1. The largest absolute Gasteiger partial charge is 0.496 e. The molecule has 0 radical (unpaired) electrons. The number of dihydropyridines is 1. The van der Waals surface area contributed by atoms with Crippen molar-refractivity contribution in [2.45, 2.75) is 39.5 Å². The van der Waals surface area contributed by atoms with Gasteiger partial charge in [-0.15, -0.1) is 0 Å². The van der Waals surface area contributed by atoms with Gasteiger partial charge >= 0.3 is 11.9 Å². The molecule has 32 heavy (non-hydrogen) atoms. The molecular formula is C24H29NO7. The first-order chi connectivity index (χ1) is 15.1. The van der Waals surface area contributed by atoms with E-state index in [2.05, 4.69) is 5.32 Å². The SMILES string of the molecule is COC(=O)C1=C(C)NC2=C(C(=O)CC(C)(C)C2)[C@H]1c1cc(C(=O)OC)c(OC)cc1OC. The monoisotopic (exact) mass is 443 g/mol. The van der Waals surface area contributed by atoms with E-state index in [1.165, 1.54) is 28.4 Å². The summed E-state index contributed by atoms with van der Waals surface area (Å²) in [7, 11) is 5.48. The average Bonchev–Trinajstić information content (AvgIpc) is 2.75. The molecule has 172 valence electrons. The van der Waals surface area contributed by atoms with Crippen molar-refractivity contribution in [3.63, 3.8) is 0 Å². The minimum absolute atomic E-state index is 0.0693. The molecule has 0 saturated carbocycles. The molecule has 2 aliphatic rings. The summed E-state index contributed by atoms with van der Waals surface area (Å²) in [5, 5.41) is 3.26. The summed E-state index contributed by atoms with van der Waals surface area (Å²) in [6.45, 7) is 5.83. The zero-order chi connectivity index (χ0) is 23.8. The van der Waals surface area contributed by atoms with Crippen LogP contribution in [0.2, 0.25) is 0 Å². The summed E-state index contributed by atoms with van der Waals surface area (Å²) in [5.74, 6) is -1.38. The Bertz CT molecular complexity index is 1050. The molecule has 0 aromatic heterocycles. The number of carbonyl (C=O) groups excluding carboxylic acids is 3. The predicted octanol–water partition coefficient (Wildman–Crippen LogP) is 3.27. The number of nitrogens with one attached hydrogen (secondary N) is 1. The van der Waals surface area contributed by atoms with E-state index >= 15 is 0 Å². The van der Waals surface area contributed by atoms with E-state index in [0.717, 1.165) is 5.70 Å². The van der Waals surface area contributed by atoms with Gasteiger partial charge in [0.1, 0.15) is 17.1 Å². The lowest BCUT2D eigenvalue weighted by molar-refractivity contribution is -0.136. The minimum atomic E-state index is -0.772. The van der Waals surface area contributed by atoms with Gasteiger partial charge < -0.3 is 24.3 Å². The van der Waals surface area contributed by atoms with Gasteiger partial charge in [-0.2, -0.15) is 0 Å². The topological polar surface area (TPSA) is 100 Å². The number of ketones is 1. The highest BCUT2D eigenvalue weighted by molar-refractivity contribution is 6.04. The molecule has 8 heteroatoms. The number of benzene rings is 1. The number of hydrogen-bond donors (Lipinski definition) is 1. The molecule has 1 heterocycles. The lowest BCUT2D eigenvalue weighted by Gasteiger charge is -2.39. The molecule has 0 amide bonds. The van der Waals surface area contributed by atoms with E-state index in [1.54, 1.807) is 19.1 Å². The van der Waals surface area contributed by atoms with Crippen LogP contribution in [-0.2, 0) is 19.1 Å². The Morgan fingerprint density at radius 1 is 0.969 bits per heavy atom. The molecule has 1 atom stereocenters. The van der Waals surface area contributed by atoms with Crippen LogP contribution in [0.4, 0.5) is 0 Å². The summed E-state index contributed by atoms with van der Waals surface area (Å²) >= 11 is 0. The smallest absolute Gasteiger partial charge is 0.341 e. The van der Waals surface area contributed by atoms with Crippen LogP contribution in [0.1, 0.15) is 55.5 Å². The predicted molar refractivity (Wildman–Crippen MR) is 117 cm³/mol. The van der Waals surface area contributed by atoms with Gasteiger partial charge in [-0.3, -0.25) is 4.79 Å². The molecule has 8 nitrogen and oxygen atoms in total. The van der Waals surface area contributed by atoms with Crippen molar-refractivity contribution in [2.75, 3.05) is 28.4 Å². The Labute approximate surface area is 187 Å². The quantitative estimate of drug-likeness (QED) is 0.692. The number of ether oxygens (including phenoxy) is 4. The fourth-order valence-electron chi connectivity index (χ4n) is 4.55. The van der Waals surface area contributed by atoms with Crippen LogP contribution in [0.5, 0.6) is 11.5 Å². The van der Waals surface area contributed by atoms with Gasteiger partial charge in [0, 0.05) is 35.0 Å². The van der Waals surface area contributed by atoms with Crippen molar-refractivity contribution < 1.29 is 33.3 Å². The maximum atomic E-state index is 13.4. The van der Waals surface area contributed by atoms with Crippen LogP contribution in [0, 0.1) is 5.41 Å². The maximum absolute atomic E-state index is 13.4. The van der Waals surface area contributed by atoms with Gasteiger partial charge in [0.15, 0.2) is 5.78 Å². The second-order valence-electron chi connectivity index (χ2n) is 8.71. The molecule has 0 bridgehead atoms. The summed E-state index contributed by atoms with van der Waals surface area (Å²) in [6, 6.07) is 3.12.